The quantitative estimate of drug-likeness (QED) is 0.853. The summed E-state index contributed by atoms with van der Waals surface area (Å²) in [6.07, 6.45) is 2.37. The van der Waals surface area contributed by atoms with Gasteiger partial charge < -0.3 is 5.32 Å². The van der Waals surface area contributed by atoms with Gasteiger partial charge in [0, 0.05) is 17.0 Å². The van der Waals surface area contributed by atoms with Crippen LogP contribution < -0.4 is 5.32 Å². The van der Waals surface area contributed by atoms with Crippen molar-refractivity contribution >= 4 is 34.3 Å². The van der Waals surface area contributed by atoms with Crippen LogP contribution in [0.1, 0.15) is 41.4 Å². The zero-order valence-electron chi connectivity index (χ0n) is 9.57. The molecule has 1 aliphatic carbocycles. The van der Waals surface area contributed by atoms with Crippen molar-refractivity contribution < 1.29 is 0 Å². The van der Waals surface area contributed by atoms with Crippen LogP contribution in [0.25, 0.3) is 0 Å². The van der Waals surface area contributed by atoms with Gasteiger partial charge in [-0.15, -0.1) is 11.3 Å². The average molecular weight is 284 g/mol. The molecular formula is C13H14ClNS2. The summed E-state index contributed by atoms with van der Waals surface area (Å²) in [5.41, 5.74) is 2.80. The highest BCUT2D eigenvalue weighted by Gasteiger charge is 2.26. The van der Waals surface area contributed by atoms with Crippen molar-refractivity contribution in [1.29, 1.82) is 0 Å². The van der Waals surface area contributed by atoms with Crippen molar-refractivity contribution in [3.05, 3.63) is 43.2 Å². The number of fused-ring (bicyclic) bond motifs is 1. The van der Waals surface area contributed by atoms with Crippen molar-refractivity contribution in [2.45, 2.75) is 31.8 Å². The normalized spacial score (nSPS) is 20.5. The largest absolute Gasteiger partial charge is 0.303 e. The van der Waals surface area contributed by atoms with E-state index in [-0.39, 0.29) is 0 Å². The summed E-state index contributed by atoms with van der Waals surface area (Å²) >= 11 is 9.56. The molecule has 1 nitrogen and oxygen atoms in total. The van der Waals surface area contributed by atoms with Gasteiger partial charge in [0.1, 0.15) is 0 Å². The summed E-state index contributed by atoms with van der Waals surface area (Å²) in [5, 5.41) is 8.06. The van der Waals surface area contributed by atoms with Crippen LogP contribution in [0.3, 0.4) is 0 Å². The fourth-order valence-corrected chi connectivity index (χ4v) is 4.53. The van der Waals surface area contributed by atoms with Gasteiger partial charge in [0.15, 0.2) is 0 Å². The first-order valence-corrected chi connectivity index (χ1v) is 7.94. The van der Waals surface area contributed by atoms with Crippen LogP contribution in [0, 0.1) is 0 Å². The van der Waals surface area contributed by atoms with Crippen molar-refractivity contribution in [3.63, 3.8) is 0 Å². The summed E-state index contributed by atoms with van der Waals surface area (Å²) in [7, 11) is 0. The van der Waals surface area contributed by atoms with E-state index in [2.05, 4.69) is 35.1 Å². The molecule has 0 saturated carbocycles. The number of aryl methyl sites for hydroxylation is 1. The maximum atomic E-state index is 6.07. The molecule has 2 aromatic rings. The smallest absolute Gasteiger partial charge is 0.0934 e. The predicted octanol–water partition coefficient (Wildman–Crippen LogP) is 4.80. The van der Waals surface area contributed by atoms with Gasteiger partial charge in [-0.1, -0.05) is 11.6 Å². The monoisotopic (exact) mass is 283 g/mol. The van der Waals surface area contributed by atoms with Crippen LogP contribution in [0.2, 0.25) is 4.34 Å². The Morgan fingerprint density at radius 2 is 2.41 bits per heavy atom. The Labute approximate surface area is 114 Å². The molecule has 0 radical (unpaired) electrons. The molecule has 0 spiro atoms. The number of thiophene rings is 2. The highest BCUT2D eigenvalue weighted by atomic mass is 35.5. The molecule has 2 aromatic heterocycles. The molecule has 0 bridgehead atoms. The molecule has 2 unspecified atom stereocenters. The number of halogens is 1. The Morgan fingerprint density at radius 1 is 1.53 bits per heavy atom. The summed E-state index contributed by atoms with van der Waals surface area (Å²) in [4.78, 5) is 1.46. The number of nitrogens with one attached hydrogen (secondary N) is 1. The van der Waals surface area contributed by atoms with E-state index in [0.717, 1.165) is 4.34 Å². The van der Waals surface area contributed by atoms with Crippen LogP contribution >= 0.6 is 34.3 Å². The zero-order chi connectivity index (χ0) is 11.8. The third kappa shape index (κ3) is 2.29. The van der Waals surface area contributed by atoms with E-state index in [4.69, 9.17) is 11.6 Å². The van der Waals surface area contributed by atoms with Gasteiger partial charge in [-0.05, 0) is 53.8 Å². The Bertz CT molecular complexity index is 503. The average Bonchev–Trinajstić information content (AvgIpc) is 2.96. The molecule has 0 amide bonds. The lowest BCUT2D eigenvalue weighted by Crippen LogP contribution is -2.22. The lowest BCUT2D eigenvalue weighted by Gasteiger charge is -2.19. The lowest BCUT2D eigenvalue weighted by molar-refractivity contribution is 0.466. The van der Waals surface area contributed by atoms with Gasteiger partial charge >= 0.3 is 0 Å². The number of rotatable bonds is 3. The SMILES string of the molecule is CC(NC1CCc2sc(Cl)cc21)c1ccsc1. The third-order valence-electron chi connectivity index (χ3n) is 3.34. The van der Waals surface area contributed by atoms with Crippen LogP contribution in [-0.2, 0) is 6.42 Å². The van der Waals surface area contributed by atoms with Gasteiger partial charge in [0.25, 0.3) is 0 Å². The first kappa shape index (κ1) is 11.7. The van der Waals surface area contributed by atoms with Gasteiger partial charge in [0.2, 0.25) is 0 Å². The fraction of sp³-hybridized carbons (Fsp3) is 0.385. The van der Waals surface area contributed by atoms with E-state index in [1.807, 2.05) is 0 Å². The number of hydrogen-bond acceptors (Lipinski definition) is 3. The van der Waals surface area contributed by atoms with Gasteiger partial charge in [-0.25, -0.2) is 0 Å². The molecule has 90 valence electrons. The topological polar surface area (TPSA) is 12.0 Å². The number of hydrogen-bond donors (Lipinski definition) is 1. The molecule has 0 fully saturated rings. The standard InChI is InChI=1S/C13H14ClNS2/c1-8(9-4-5-16-7-9)15-11-2-3-12-10(11)6-13(14)17-12/h4-8,11,15H,2-3H2,1H3. The molecule has 0 aliphatic heterocycles. The van der Waals surface area contributed by atoms with Crippen molar-refractivity contribution in [1.82, 2.24) is 5.32 Å². The second-order valence-electron chi connectivity index (χ2n) is 4.47. The summed E-state index contributed by atoms with van der Waals surface area (Å²) in [6, 6.07) is 5.21. The molecule has 1 N–H and O–H groups in total. The van der Waals surface area contributed by atoms with E-state index in [0.29, 0.717) is 12.1 Å². The highest BCUT2D eigenvalue weighted by molar-refractivity contribution is 7.16. The first-order valence-electron chi connectivity index (χ1n) is 5.80. The summed E-state index contributed by atoms with van der Waals surface area (Å²) < 4.78 is 0.921. The molecule has 3 rings (SSSR count). The Kier molecular flexibility index (Phi) is 3.26. The Hall–Kier alpha value is -0.350. The van der Waals surface area contributed by atoms with Crippen molar-refractivity contribution in [3.8, 4) is 0 Å². The second kappa shape index (κ2) is 4.73. The Balaban J connectivity index is 1.75. The van der Waals surface area contributed by atoms with Crippen LogP contribution in [-0.4, -0.2) is 0 Å². The molecule has 2 heterocycles. The van der Waals surface area contributed by atoms with E-state index in [9.17, 15) is 0 Å². The van der Waals surface area contributed by atoms with Gasteiger partial charge in [-0.2, -0.15) is 11.3 Å². The second-order valence-corrected chi connectivity index (χ2v) is 7.01. The van der Waals surface area contributed by atoms with Gasteiger partial charge in [0.05, 0.1) is 4.34 Å². The Morgan fingerprint density at radius 3 is 3.18 bits per heavy atom. The van der Waals surface area contributed by atoms with E-state index >= 15 is 0 Å². The van der Waals surface area contributed by atoms with Crippen molar-refractivity contribution in [2.24, 2.45) is 0 Å². The molecular weight excluding hydrogens is 270 g/mol. The van der Waals surface area contributed by atoms with Crippen LogP contribution in [0.15, 0.2) is 22.9 Å². The maximum absolute atomic E-state index is 6.07. The summed E-state index contributed by atoms with van der Waals surface area (Å²) in [5.74, 6) is 0. The van der Waals surface area contributed by atoms with Crippen LogP contribution in [0.4, 0.5) is 0 Å². The molecule has 0 aromatic carbocycles. The van der Waals surface area contributed by atoms with E-state index in [1.54, 1.807) is 22.7 Å². The third-order valence-corrected chi connectivity index (χ3v) is 5.38. The molecule has 4 heteroatoms. The lowest BCUT2D eigenvalue weighted by atomic mass is 10.1. The van der Waals surface area contributed by atoms with E-state index in [1.165, 1.54) is 28.8 Å². The molecule has 0 saturated heterocycles. The molecule has 2 atom stereocenters. The van der Waals surface area contributed by atoms with Crippen molar-refractivity contribution in [2.75, 3.05) is 0 Å². The van der Waals surface area contributed by atoms with Crippen LogP contribution in [0.5, 0.6) is 0 Å². The molecule has 1 aliphatic rings. The predicted molar refractivity (Wildman–Crippen MR) is 76.3 cm³/mol. The zero-order valence-corrected chi connectivity index (χ0v) is 12.0. The first-order chi connectivity index (χ1) is 8.24. The minimum atomic E-state index is 0.413. The maximum Gasteiger partial charge on any atom is 0.0934 e. The van der Waals surface area contributed by atoms with Gasteiger partial charge in [-0.3, -0.25) is 0 Å². The minimum absolute atomic E-state index is 0.413. The molecule has 17 heavy (non-hydrogen) atoms. The highest BCUT2D eigenvalue weighted by Crippen LogP contribution is 2.40. The van der Waals surface area contributed by atoms with E-state index < -0.39 is 0 Å². The minimum Gasteiger partial charge on any atom is -0.303 e. The fourth-order valence-electron chi connectivity index (χ4n) is 2.42. The summed E-state index contributed by atoms with van der Waals surface area (Å²) in [6.45, 7) is 2.23.